The molecule has 11 heavy (non-hydrogen) atoms. The van der Waals surface area contributed by atoms with Crippen LogP contribution in [0.4, 0.5) is 0 Å². The molecule has 1 atom stereocenters. The summed E-state index contributed by atoms with van der Waals surface area (Å²) in [6.07, 6.45) is 0.996. The van der Waals surface area contributed by atoms with Gasteiger partial charge in [-0.15, -0.1) is 0 Å². The maximum absolute atomic E-state index is 5.56. The monoisotopic (exact) mass is 182 g/mol. The lowest BCUT2D eigenvalue weighted by Crippen LogP contribution is -2.18. The lowest BCUT2D eigenvalue weighted by Gasteiger charge is -2.06. The van der Waals surface area contributed by atoms with E-state index < -0.39 is 8.31 Å². The molecule has 1 nitrogen and oxygen atoms in total. The lowest BCUT2D eigenvalue weighted by molar-refractivity contribution is 0.383. The summed E-state index contributed by atoms with van der Waals surface area (Å²) in [5.41, 5.74) is 0. The number of ether oxygens (including phenoxy) is 1. The third-order valence-electron chi connectivity index (χ3n) is 1.33. The Hall–Kier alpha value is -0.546. The van der Waals surface area contributed by atoms with Crippen molar-refractivity contribution in [2.24, 2.45) is 0 Å². The van der Waals surface area contributed by atoms with Crippen LogP contribution in [-0.4, -0.2) is 24.3 Å². The Bertz CT molecular complexity index is 199. The van der Waals surface area contributed by atoms with E-state index in [0.29, 0.717) is 0 Å². The number of hydrogen-bond donors (Lipinski definition) is 0. The Labute approximate surface area is 72.2 Å². The fourth-order valence-electron chi connectivity index (χ4n) is 0.780. The molecule has 0 aliphatic heterocycles. The molecule has 0 bridgehead atoms. The molecular weight excluding hydrogens is 168 g/mol. The first-order valence-corrected chi connectivity index (χ1v) is 10.6. The van der Waals surface area contributed by atoms with Crippen LogP contribution in [-0.2, 0) is 0 Å². The van der Waals surface area contributed by atoms with E-state index in [4.69, 9.17) is 4.74 Å². The Morgan fingerprint density at radius 1 is 1.36 bits per heavy atom. The fraction of sp³-hybridized carbons (Fsp3) is 0.250. The quantitative estimate of drug-likeness (QED) is 0.612. The molecule has 0 saturated heterocycles. The highest BCUT2D eigenvalue weighted by Gasteiger charge is 1.95. The van der Waals surface area contributed by atoms with Gasteiger partial charge in [0.25, 0.3) is 0 Å². The molecule has 3 heteroatoms. The van der Waals surface area contributed by atoms with Gasteiger partial charge < -0.3 is 4.74 Å². The van der Waals surface area contributed by atoms with Gasteiger partial charge in [-0.2, -0.15) is 0 Å². The first-order valence-electron chi connectivity index (χ1n) is 3.97. The Kier molecular flexibility index (Phi) is 3.39. The molecular formula is C8H14OSi2. The summed E-state index contributed by atoms with van der Waals surface area (Å²) in [5, 5.41) is 0. The fourth-order valence-corrected chi connectivity index (χ4v) is 1.81. The molecule has 0 aliphatic rings. The van der Waals surface area contributed by atoms with Gasteiger partial charge in [-0.25, -0.2) is 0 Å². The average Bonchev–Trinajstić information content (AvgIpc) is 2.03. The Morgan fingerprint density at radius 3 is 2.55 bits per heavy atom. The summed E-state index contributed by atoms with van der Waals surface area (Å²) in [6, 6.07) is 10.0. The third kappa shape index (κ3) is 3.39. The van der Waals surface area contributed by atoms with Crippen LogP contribution in [0.5, 0.6) is 5.75 Å². The van der Waals surface area contributed by atoms with Crippen molar-refractivity contribution in [1.82, 2.24) is 0 Å². The summed E-state index contributed by atoms with van der Waals surface area (Å²) >= 11 is 0. The Morgan fingerprint density at radius 2 is 2.00 bits per heavy atom. The molecule has 0 aromatic heterocycles. The molecule has 1 rings (SSSR count). The van der Waals surface area contributed by atoms with Crippen LogP contribution >= 0.6 is 0 Å². The van der Waals surface area contributed by atoms with Crippen LogP contribution < -0.4 is 4.74 Å². The van der Waals surface area contributed by atoms with Crippen LogP contribution in [0.2, 0.25) is 6.55 Å². The summed E-state index contributed by atoms with van der Waals surface area (Å²) in [4.78, 5) is 0. The van der Waals surface area contributed by atoms with Crippen molar-refractivity contribution < 1.29 is 4.74 Å². The average molecular weight is 182 g/mol. The first-order chi connectivity index (χ1) is 5.29. The molecule has 1 unspecified atom stereocenters. The molecule has 0 amide bonds. The smallest absolute Gasteiger partial charge is 0.118 e. The number of benzene rings is 1. The van der Waals surface area contributed by atoms with Gasteiger partial charge in [-0.05, 0) is 21.9 Å². The molecule has 0 radical (unpaired) electrons. The second-order valence-electron chi connectivity index (χ2n) is 3.02. The minimum Gasteiger partial charge on any atom is -0.498 e. The first kappa shape index (κ1) is 8.55. The summed E-state index contributed by atoms with van der Waals surface area (Å²) in [5.74, 6) is 1.02. The minimum absolute atomic E-state index is 0.424. The zero-order valence-corrected chi connectivity index (χ0v) is 10.2. The SMILES string of the molecule is C[SiH]([SiH3])COc1ccccc1. The summed E-state index contributed by atoms with van der Waals surface area (Å²) < 4.78 is 5.56. The largest absolute Gasteiger partial charge is 0.498 e. The van der Waals surface area contributed by atoms with Gasteiger partial charge in [0, 0.05) is 0 Å². The molecule has 0 fully saturated rings. The molecule has 0 saturated carbocycles. The maximum Gasteiger partial charge on any atom is 0.118 e. The van der Waals surface area contributed by atoms with Gasteiger partial charge in [0.15, 0.2) is 0 Å². The van der Waals surface area contributed by atoms with Gasteiger partial charge in [0.2, 0.25) is 0 Å². The second kappa shape index (κ2) is 4.36. The van der Waals surface area contributed by atoms with E-state index in [0.717, 1.165) is 12.0 Å². The van der Waals surface area contributed by atoms with E-state index in [9.17, 15) is 0 Å². The van der Waals surface area contributed by atoms with Crippen LogP contribution in [0.25, 0.3) is 0 Å². The lowest BCUT2D eigenvalue weighted by atomic mass is 10.3. The zero-order chi connectivity index (χ0) is 8.10. The molecule has 60 valence electrons. The van der Waals surface area contributed by atoms with Crippen LogP contribution in [0.15, 0.2) is 30.3 Å². The van der Waals surface area contributed by atoms with E-state index in [1.807, 2.05) is 30.3 Å². The van der Waals surface area contributed by atoms with Crippen molar-refractivity contribution in [3.05, 3.63) is 30.3 Å². The topological polar surface area (TPSA) is 9.23 Å². The highest BCUT2D eigenvalue weighted by Crippen LogP contribution is 2.07. The molecule has 0 heterocycles. The molecule has 0 N–H and O–H groups in total. The number of rotatable bonds is 3. The molecule has 1 aromatic rings. The van der Waals surface area contributed by atoms with Crippen LogP contribution in [0.3, 0.4) is 0 Å². The predicted molar refractivity (Wildman–Crippen MR) is 54.9 cm³/mol. The number of para-hydroxylation sites is 1. The van der Waals surface area contributed by atoms with E-state index in [1.54, 1.807) is 0 Å². The van der Waals surface area contributed by atoms with Crippen molar-refractivity contribution in [1.29, 1.82) is 0 Å². The molecule has 1 aromatic carbocycles. The maximum atomic E-state index is 5.56. The predicted octanol–water partition coefficient (Wildman–Crippen LogP) is 0.324. The standard InChI is InChI=1S/C8H14OSi2/c1-11(10)7-9-8-5-3-2-4-6-8/h2-6,11H,7H2,1,10H3. The van der Waals surface area contributed by atoms with Gasteiger partial charge in [-0.3, -0.25) is 0 Å². The van der Waals surface area contributed by atoms with Gasteiger partial charge in [0.05, 0.1) is 14.5 Å². The highest BCUT2D eigenvalue weighted by atomic mass is 29.1. The van der Waals surface area contributed by atoms with E-state index in [2.05, 4.69) is 6.55 Å². The van der Waals surface area contributed by atoms with E-state index in [1.165, 1.54) is 9.76 Å². The Balaban J connectivity index is 2.39. The van der Waals surface area contributed by atoms with E-state index >= 15 is 0 Å². The van der Waals surface area contributed by atoms with Crippen LogP contribution in [0, 0.1) is 0 Å². The van der Waals surface area contributed by atoms with Gasteiger partial charge in [0.1, 0.15) is 5.75 Å². The van der Waals surface area contributed by atoms with Gasteiger partial charge in [-0.1, -0.05) is 24.7 Å². The van der Waals surface area contributed by atoms with Gasteiger partial charge >= 0.3 is 0 Å². The minimum atomic E-state index is -0.424. The second-order valence-corrected chi connectivity index (χ2v) is 12.1. The third-order valence-corrected chi connectivity index (χ3v) is 3.16. The summed E-state index contributed by atoms with van der Waals surface area (Å²) in [7, 11) is 0.920. The van der Waals surface area contributed by atoms with Crippen molar-refractivity contribution in [3.63, 3.8) is 0 Å². The highest BCUT2D eigenvalue weighted by molar-refractivity contribution is 7.02. The van der Waals surface area contributed by atoms with Crippen molar-refractivity contribution >= 4 is 18.1 Å². The van der Waals surface area contributed by atoms with Crippen molar-refractivity contribution in [2.75, 3.05) is 6.23 Å². The number of hydrogen-bond acceptors (Lipinski definition) is 1. The van der Waals surface area contributed by atoms with E-state index in [-0.39, 0.29) is 0 Å². The zero-order valence-electron chi connectivity index (χ0n) is 7.08. The van der Waals surface area contributed by atoms with Crippen LogP contribution in [0.1, 0.15) is 0 Å². The van der Waals surface area contributed by atoms with Crippen molar-refractivity contribution in [2.45, 2.75) is 6.55 Å². The van der Waals surface area contributed by atoms with Crippen molar-refractivity contribution in [3.8, 4) is 5.75 Å². The molecule has 0 aliphatic carbocycles. The summed E-state index contributed by atoms with van der Waals surface area (Å²) in [6.45, 7) is 2.34. The molecule has 0 spiro atoms. The normalized spacial score (nSPS) is 12.8.